The van der Waals surface area contributed by atoms with Crippen LogP contribution in [0.5, 0.6) is 0 Å². The zero-order valence-electron chi connectivity index (χ0n) is 10.9. The SMILES string of the molecule is CCCNCc1cn[nH]c1-c1cc2ccccc2s1. The number of fused-ring (bicyclic) bond motifs is 1. The van der Waals surface area contributed by atoms with Crippen molar-refractivity contribution in [3.63, 3.8) is 0 Å². The van der Waals surface area contributed by atoms with Gasteiger partial charge in [-0.1, -0.05) is 25.1 Å². The van der Waals surface area contributed by atoms with Crippen molar-refractivity contribution in [2.45, 2.75) is 19.9 Å². The number of thiophene rings is 1. The lowest BCUT2D eigenvalue weighted by Crippen LogP contribution is -2.13. The van der Waals surface area contributed by atoms with Crippen LogP contribution in [0.15, 0.2) is 36.5 Å². The van der Waals surface area contributed by atoms with Gasteiger partial charge >= 0.3 is 0 Å². The molecule has 0 saturated heterocycles. The number of H-pyrrole nitrogens is 1. The average molecular weight is 271 g/mol. The van der Waals surface area contributed by atoms with Crippen LogP contribution in [0.25, 0.3) is 20.7 Å². The zero-order chi connectivity index (χ0) is 13.1. The number of hydrogen-bond donors (Lipinski definition) is 2. The van der Waals surface area contributed by atoms with Crippen molar-refractivity contribution < 1.29 is 0 Å². The summed E-state index contributed by atoms with van der Waals surface area (Å²) in [5.74, 6) is 0. The maximum atomic E-state index is 4.19. The summed E-state index contributed by atoms with van der Waals surface area (Å²) >= 11 is 1.81. The van der Waals surface area contributed by atoms with E-state index >= 15 is 0 Å². The molecule has 0 saturated carbocycles. The molecule has 3 rings (SSSR count). The molecule has 19 heavy (non-hydrogen) atoms. The molecule has 1 aromatic carbocycles. The summed E-state index contributed by atoms with van der Waals surface area (Å²) in [6.07, 6.45) is 3.07. The molecule has 0 radical (unpaired) electrons. The number of rotatable bonds is 5. The van der Waals surface area contributed by atoms with E-state index < -0.39 is 0 Å². The van der Waals surface area contributed by atoms with E-state index in [1.165, 1.54) is 20.5 Å². The molecule has 3 nitrogen and oxygen atoms in total. The van der Waals surface area contributed by atoms with E-state index in [4.69, 9.17) is 0 Å². The minimum Gasteiger partial charge on any atom is -0.313 e. The second kappa shape index (κ2) is 5.55. The third-order valence-corrected chi connectivity index (χ3v) is 4.27. The minimum atomic E-state index is 0.869. The molecule has 2 aromatic heterocycles. The van der Waals surface area contributed by atoms with Crippen LogP contribution < -0.4 is 5.32 Å². The third kappa shape index (κ3) is 2.55. The first-order valence-electron chi connectivity index (χ1n) is 6.60. The van der Waals surface area contributed by atoms with Gasteiger partial charge in [-0.2, -0.15) is 5.10 Å². The van der Waals surface area contributed by atoms with Crippen LogP contribution in [-0.4, -0.2) is 16.7 Å². The van der Waals surface area contributed by atoms with E-state index in [9.17, 15) is 0 Å². The molecule has 0 aliphatic heterocycles. The molecular formula is C15H17N3S. The zero-order valence-corrected chi connectivity index (χ0v) is 11.8. The lowest BCUT2D eigenvalue weighted by atomic mass is 10.2. The van der Waals surface area contributed by atoms with E-state index in [1.807, 2.05) is 17.5 Å². The van der Waals surface area contributed by atoms with Gasteiger partial charge in [0.1, 0.15) is 0 Å². The fourth-order valence-electron chi connectivity index (χ4n) is 2.16. The van der Waals surface area contributed by atoms with Gasteiger partial charge in [-0.05, 0) is 30.5 Å². The van der Waals surface area contributed by atoms with Crippen LogP contribution in [0.1, 0.15) is 18.9 Å². The molecule has 2 heterocycles. The van der Waals surface area contributed by atoms with Gasteiger partial charge in [-0.15, -0.1) is 11.3 Å². The highest BCUT2D eigenvalue weighted by Crippen LogP contribution is 2.33. The van der Waals surface area contributed by atoms with Crippen LogP contribution in [0, 0.1) is 0 Å². The smallest absolute Gasteiger partial charge is 0.0795 e. The van der Waals surface area contributed by atoms with E-state index in [0.29, 0.717) is 0 Å². The maximum Gasteiger partial charge on any atom is 0.0795 e. The summed E-state index contributed by atoms with van der Waals surface area (Å²) in [5.41, 5.74) is 2.38. The maximum absolute atomic E-state index is 4.19. The number of nitrogens with one attached hydrogen (secondary N) is 2. The highest BCUT2D eigenvalue weighted by Gasteiger charge is 2.10. The van der Waals surface area contributed by atoms with E-state index in [-0.39, 0.29) is 0 Å². The van der Waals surface area contributed by atoms with Gasteiger partial charge in [-0.25, -0.2) is 0 Å². The molecule has 0 fully saturated rings. The van der Waals surface area contributed by atoms with Gasteiger partial charge in [-0.3, -0.25) is 5.10 Å². The first-order chi connectivity index (χ1) is 9.38. The van der Waals surface area contributed by atoms with Gasteiger partial charge in [0.25, 0.3) is 0 Å². The van der Waals surface area contributed by atoms with Crippen LogP contribution in [0.2, 0.25) is 0 Å². The van der Waals surface area contributed by atoms with E-state index in [2.05, 4.69) is 52.8 Å². The topological polar surface area (TPSA) is 40.7 Å². The lowest BCUT2D eigenvalue weighted by Gasteiger charge is -2.02. The van der Waals surface area contributed by atoms with Gasteiger partial charge < -0.3 is 5.32 Å². The van der Waals surface area contributed by atoms with Crippen LogP contribution in [0.4, 0.5) is 0 Å². The summed E-state index contributed by atoms with van der Waals surface area (Å²) in [7, 11) is 0. The Morgan fingerprint density at radius 2 is 2.21 bits per heavy atom. The van der Waals surface area contributed by atoms with E-state index in [1.54, 1.807) is 0 Å². The highest BCUT2D eigenvalue weighted by atomic mass is 32.1. The predicted octanol–water partition coefficient (Wildman–Crippen LogP) is 3.79. The number of hydrogen-bond acceptors (Lipinski definition) is 3. The number of aromatic nitrogens is 2. The molecule has 98 valence electrons. The van der Waals surface area contributed by atoms with Gasteiger partial charge in [0.2, 0.25) is 0 Å². The fourth-order valence-corrected chi connectivity index (χ4v) is 3.26. The third-order valence-electron chi connectivity index (χ3n) is 3.13. The summed E-state index contributed by atoms with van der Waals surface area (Å²) in [5, 5.41) is 12.0. The fraction of sp³-hybridized carbons (Fsp3) is 0.267. The predicted molar refractivity (Wildman–Crippen MR) is 81.4 cm³/mol. The first-order valence-corrected chi connectivity index (χ1v) is 7.42. The number of nitrogens with zero attached hydrogens (tertiary/aromatic N) is 1. The quantitative estimate of drug-likeness (QED) is 0.693. The first kappa shape index (κ1) is 12.4. The summed E-state index contributed by atoms with van der Waals surface area (Å²) in [6.45, 7) is 4.08. The van der Waals surface area contributed by atoms with Crippen LogP contribution >= 0.6 is 11.3 Å². The Labute approximate surface area is 116 Å². The molecule has 0 spiro atoms. The lowest BCUT2D eigenvalue weighted by molar-refractivity contribution is 0.676. The molecular weight excluding hydrogens is 254 g/mol. The molecule has 0 aliphatic carbocycles. The monoisotopic (exact) mass is 271 g/mol. The molecule has 2 N–H and O–H groups in total. The Hall–Kier alpha value is -1.65. The summed E-state index contributed by atoms with van der Waals surface area (Å²) < 4.78 is 1.32. The minimum absolute atomic E-state index is 0.869. The van der Waals surface area contributed by atoms with Crippen molar-refractivity contribution in [3.05, 3.63) is 42.1 Å². The summed E-state index contributed by atoms with van der Waals surface area (Å²) in [6, 6.07) is 10.7. The molecule has 0 bridgehead atoms. The molecule has 0 amide bonds. The Morgan fingerprint density at radius 1 is 1.32 bits per heavy atom. The van der Waals surface area contributed by atoms with Gasteiger partial charge in [0, 0.05) is 16.8 Å². The van der Waals surface area contributed by atoms with Crippen LogP contribution in [-0.2, 0) is 6.54 Å². The van der Waals surface area contributed by atoms with Crippen LogP contribution in [0.3, 0.4) is 0 Å². The average Bonchev–Trinajstić information content (AvgIpc) is 3.04. The van der Waals surface area contributed by atoms with Crippen molar-refractivity contribution in [1.29, 1.82) is 0 Å². The Morgan fingerprint density at radius 3 is 3.05 bits per heavy atom. The van der Waals surface area contributed by atoms with Crippen molar-refractivity contribution >= 4 is 21.4 Å². The number of benzene rings is 1. The van der Waals surface area contributed by atoms with Crippen molar-refractivity contribution in [2.24, 2.45) is 0 Å². The normalized spacial score (nSPS) is 11.2. The molecule has 0 unspecified atom stereocenters. The molecule has 0 atom stereocenters. The Bertz CT molecular complexity index is 636. The van der Waals surface area contributed by atoms with Gasteiger partial charge in [0.15, 0.2) is 0 Å². The Balaban J connectivity index is 1.91. The second-order valence-corrected chi connectivity index (χ2v) is 5.68. The van der Waals surface area contributed by atoms with Crippen molar-refractivity contribution in [1.82, 2.24) is 15.5 Å². The molecule has 4 heteroatoms. The molecule has 3 aromatic rings. The highest BCUT2D eigenvalue weighted by molar-refractivity contribution is 7.22. The number of aromatic amines is 1. The largest absolute Gasteiger partial charge is 0.313 e. The Kier molecular flexibility index (Phi) is 3.62. The molecule has 0 aliphatic rings. The van der Waals surface area contributed by atoms with Crippen molar-refractivity contribution in [3.8, 4) is 10.6 Å². The second-order valence-electron chi connectivity index (χ2n) is 4.60. The van der Waals surface area contributed by atoms with Crippen molar-refractivity contribution in [2.75, 3.05) is 6.54 Å². The van der Waals surface area contributed by atoms with Gasteiger partial charge in [0.05, 0.1) is 16.8 Å². The van der Waals surface area contributed by atoms with E-state index in [0.717, 1.165) is 25.2 Å². The standard InChI is InChI=1S/C15H17N3S/c1-2-7-16-9-12-10-17-18-15(12)14-8-11-5-3-4-6-13(11)19-14/h3-6,8,10,16H,2,7,9H2,1H3,(H,17,18). The summed E-state index contributed by atoms with van der Waals surface area (Å²) in [4.78, 5) is 1.26.